The summed E-state index contributed by atoms with van der Waals surface area (Å²) in [6.07, 6.45) is 0. The van der Waals surface area contributed by atoms with Crippen molar-refractivity contribution in [1.82, 2.24) is 9.80 Å². The molecule has 0 spiro atoms. The van der Waals surface area contributed by atoms with Crippen LogP contribution in [0.3, 0.4) is 0 Å². The lowest BCUT2D eigenvalue weighted by molar-refractivity contribution is -0.128. The van der Waals surface area contributed by atoms with E-state index in [1.54, 1.807) is 0 Å². The molecule has 0 N–H and O–H groups in total. The monoisotopic (exact) mass is 168 g/mol. The van der Waals surface area contributed by atoms with Gasteiger partial charge in [0.2, 0.25) is 11.8 Å². The van der Waals surface area contributed by atoms with Gasteiger partial charge in [0, 0.05) is 26.9 Å². The molecule has 0 aromatic heterocycles. The van der Waals surface area contributed by atoms with Crippen LogP contribution in [0.5, 0.6) is 0 Å². The number of hydrogen-bond acceptors (Lipinski definition) is 2. The molecule has 0 atom stereocenters. The molecule has 1 rings (SSSR count). The molecule has 4 nitrogen and oxygen atoms in total. The molecule has 0 aliphatic carbocycles. The zero-order chi connectivity index (χ0) is 9.30. The third-order valence-corrected chi connectivity index (χ3v) is 1.93. The predicted molar refractivity (Wildman–Crippen MR) is 43.9 cm³/mol. The van der Waals surface area contributed by atoms with Gasteiger partial charge in [0.25, 0.3) is 0 Å². The first-order valence-electron chi connectivity index (χ1n) is 3.79. The lowest BCUT2D eigenvalue weighted by Gasteiger charge is -2.18. The van der Waals surface area contributed by atoms with Gasteiger partial charge in [-0.3, -0.25) is 19.4 Å². The highest BCUT2D eigenvalue weighted by molar-refractivity contribution is 5.80. The maximum absolute atomic E-state index is 11.0. The lowest BCUT2D eigenvalue weighted by atomic mass is 10.5. The maximum Gasteiger partial charge on any atom is 0.225 e. The molecule has 1 heterocycles. The van der Waals surface area contributed by atoms with E-state index in [0.29, 0.717) is 18.9 Å². The highest BCUT2D eigenvalue weighted by Crippen LogP contribution is 2.16. The maximum atomic E-state index is 11.0. The third kappa shape index (κ3) is 1.32. The molecule has 1 aliphatic rings. The van der Waals surface area contributed by atoms with Gasteiger partial charge < -0.3 is 0 Å². The van der Waals surface area contributed by atoms with Gasteiger partial charge in [0.05, 0.1) is 0 Å². The summed E-state index contributed by atoms with van der Waals surface area (Å²) < 4.78 is 0. The van der Waals surface area contributed by atoms with Crippen molar-refractivity contribution >= 4 is 11.8 Å². The smallest absolute Gasteiger partial charge is 0.225 e. The Labute approximate surface area is 71.4 Å². The van der Waals surface area contributed by atoms with Crippen molar-refractivity contribution in [2.75, 3.05) is 13.1 Å². The second kappa shape index (κ2) is 2.97. The van der Waals surface area contributed by atoms with Crippen molar-refractivity contribution in [2.24, 2.45) is 0 Å². The average Bonchev–Trinajstić information content (AvgIpc) is 2.30. The van der Waals surface area contributed by atoms with Crippen molar-refractivity contribution in [3.63, 3.8) is 0 Å². The van der Waals surface area contributed by atoms with Gasteiger partial charge in [-0.25, -0.2) is 0 Å². The SMILES string of the molecule is C=C1N(C(C)=O)CCN1C(C)=O. The van der Waals surface area contributed by atoms with E-state index in [1.165, 1.54) is 23.6 Å². The summed E-state index contributed by atoms with van der Waals surface area (Å²) in [4.78, 5) is 24.9. The summed E-state index contributed by atoms with van der Waals surface area (Å²) in [5.41, 5.74) is 0. The fourth-order valence-electron chi connectivity index (χ4n) is 1.28. The van der Waals surface area contributed by atoms with Crippen LogP contribution in [0, 0.1) is 0 Å². The Balaban J connectivity index is 2.74. The van der Waals surface area contributed by atoms with Crippen molar-refractivity contribution in [2.45, 2.75) is 13.8 Å². The van der Waals surface area contributed by atoms with Crippen LogP contribution in [-0.4, -0.2) is 34.7 Å². The van der Waals surface area contributed by atoms with E-state index in [-0.39, 0.29) is 11.8 Å². The van der Waals surface area contributed by atoms with Crippen molar-refractivity contribution in [1.29, 1.82) is 0 Å². The molecule has 2 amide bonds. The zero-order valence-corrected chi connectivity index (χ0v) is 7.33. The summed E-state index contributed by atoms with van der Waals surface area (Å²) in [5, 5.41) is 0. The van der Waals surface area contributed by atoms with Crippen molar-refractivity contribution < 1.29 is 9.59 Å². The van der Waals surface area contributed by atoms with Gasteiger partial charge in [-0.05, 0) is 0 Å². The van der Waals surface area contributed by atoms with Gasteiger partial charge in [0.1, 0.15) is 5.82 Å². The van der Waals surface area contributed by atoms with E-state index in [0.717, 1.165) is 0 Å². The Morgan fingerprint density at radius 1 is 1.17 bits per heavy atom. The molecule has 0 aromatic rings. The topological polar surface area (TPSA) is 40.6 Å². The van der Waals surface area contributed by atoms with Crippen LogP contribution in [0.25, 0.3) is 0 Å². The Morgan fingerprint density at radius 2 is 1.50 bits per heavy atom. The van der Waals surface area contributed by atoms with Gasteiger partial charge >= 0.3 is 0 Å². The first-order valence-corrected chi connectivity index (χ1v) is 3.79. The number of carbonyl (C=O) groups is 2. The van der Waals surface area contributed by atoms with E-state index < -0.39 is 0 Å². The van der Waals surface area contributed by atoms with Crippen LogP contribution in [0.15, 0.2) is 12.4 Å². The summed E-state index contributed by atoms with van der Waals surface area (Å²) >= 11 is 0. The highest BCUT2D eigenvalue weighted by atomic mass is 16.2. The number of hydrogen-bond donors (Lipinski definition) is 0. The van der Waals surface area contributed by atoms with E-state index >= 15 is 0 Å². The largest absolute Gasteiger partial charge is 0.297 e. The minimum Gasteiger partial charge on any atom is -0.297 e. The Morgan fingerprint density at radius 3 is 1.67 bits per heavy atom. The summed E-state index contributed by atoms with van der Waals surface area (Å²) in [5.74, 6) is 0.363. The molecule has 66 valence electrons. The second-order valence-electron chi connectivity index (χ2n) is 2.76. The standard InChI is InChI=1S/C8H12N2O2/c1-6-9(7(2)11)4-5-10(6)8(3)12/h1,4-5H2,2-3H3. The number of nitrogens with zero attached hydrogens (tertiary/aromatic N) is 2. The van der Waals surface area contributed by atoms with Gasteiger partial charge in [-0.15, -0.1) is 0 Å². The summed E-state index contributed by atoms with van der Waals surface area (Å²) in [7, 11) is 0. The first-order chi connectivity index (χ1) is 5.54. The second-order valence-corrected chi connectivity index (χ2v) is 2.76. The fourth-order valence-corrected chi connectivity index (χ4v) is 1.28. The third-order valence-electron chi connectivity index (χ3n) is 1.93. The molecular formula is C8H12N2O2. The molecular weight excluding hydrogens is 156 g/mol. The molecule has 4 heteroatoms. The molecule has 0 unspecified atom stereocenters. The molecule has 0 saturated carbocycles. The average molecular weight is 168 g/mol. The van der Waals surface area contributed by atoms with E-state index in [4.69, 9.17) is 0 Å². The quantitative estimate of drug-likeness (QED) is 0.517. The molecule has 0 bridgehead atoms. The highest BCUT2D eigenvalue weighted by Gasteiger charge is 2.27. The van der Waals surface area contributed by atoms with Crippen molar-refractivity contribution in [3.8, 4) is 0 Å². The van der Waals surface area contributed by atoms with Crippen LogP contribution in [0.1, 0.15) is 13.8 Å². The number of carbonyl (C=O) groups excluding carboxylic acids is 2. The molecule has 0 radical (unpaired) electrons. The fraction of sp³-hybridized carbons (Fsp3) is 0.500. The van der Waals surface area contributed by atoms with E-state index in [9.17, 15) is 9.59 Å². The van der Waals surface area contributed by atoms with Crippen LogP contribution in [-0.2, 0) is 9.59 Å². The Kier molecular flexibility index (Phi) is 2.17. The van der Waals surface area contributed by atoms with Crippen LogP contribution < -0.4 is 0 Å². The predicted octanol–water partition coefficient (Wildman–Crippen LogP) is 0.168. The Hall–Kier alpha value is -1.32. The normalized spacial score (nSPS) is 17.0. The van der Waals surface area contributed by atoms with E-state index in [2.05, 4.69) is 6.58 Å². The molecule has 1 aliphatic heterocycles. The molecule has 1 saturated heterocycles. The first kappa shape index (κ1) is 8.77. The zero-order valence-electron chi connectivity index (χ0n) is 7.33. The van der Waals surface area contributed by atoms with Gasteiger partial charge in [0.15, 0.2) is 0 Å². The summed E-state index contributed by atoms with van der Waals surface area (Å²) in [6.45, 7) is 7.73. The van der Waals surface area contributed by atoms with Crippen LogP contribution in [0.4, 0.5) is 0 Å². The molecule has 12 heavy (non-hydrogen) atoms. The van der Waals surface area contributed by atoms with Crippen LogP contribution >= 0.6 is 0 Å². The number of rotatable bonds is 0. The lowest BCUT2D eigenvalue weighted by Crippen LogP contribution is -2.28. The van der Waals surface area contributed by atoms with Crippen LogP contribution in [0.2, 0.25) is 0 Å². The molecule has 1 fully saturated rings. The van der Waals surface area contributed by atoms with Gasteiger partial charge in [-0.2, -0.15) is 0 Å². The minimum atomic E-state index is -0.0660. The summed E-state index contributed by atoms with van der Waals surface area (Å²) in [6, 6.07) is 0. The minimum absolute atomic E-state index is 0.0660. The Bertz CT molecular complexity index is 223. The van der Waals surface area contributed by atoms with Crippen molar-refractivity contribution in [3.05, 3.63) is 12.4 Å². The molecule has 0 aromatic carbocycles. The van der Waals surface area contributed by atoms with E-state index in [1.807, 2.05) is 0 Å². The van der Waals surface area contributed by atoms with Gasteiger partial charge in [-0.1, -0.05) is 6.58 Å². The number of amides is 2.